The van der Waals surface area contributed by atoms with Crippen molar-refractivity contribution in [1.29, 1.82) is 0 Å². The van der Waals surface area contributed by atoms with E-state index in [2.05, 4.69) is 10.1 Å². The van der Waals surface area contributed by atoms with Crippen LogP contribution in [0.5, 0.6) is 0 Å². The van der Waals surface area contributed by atoms with Crippen LogP contribution in [0.2, 0.25) is 0 Å². The second-order valence-corrected chi connectivity index (χ2v) is 3.69. The third-order valence-corrected chi connectivity index (χ3v) is 2.65. The summed E-state index contributed by atoms with van der Waals surface area (Å²) < 4.78 is 7.27. The number of fused-ring (bicyclic) bond motifs is 1. The molecule has 2 N–H and O–H groups in total. The largest absolute Gasteiger partial charge is 0.382 e. The van der Waals surface area contributed by atoms with Gasteiger partial charge in [-0.1, -0.05) is 0 Å². The minimum Gasteiger partial charge on any atom is -0.382 e. The standard InChI is InChI=1S/C10H12N4O/c11-9-7-3-1-5-14(7)13-10(12-9)8-4-2-6-15-8/h1,3,5,8H,2,4,6H2,(H2,11,12,13). The molecule has 5 heteroatoms. The quantitative estimate of drug-likeness (QED) is 0.757. The smallest absolute Gasteiger partial charge is 0.180 e. The van der Waals surface area contributed by atoms with Gasteiger partial charge in [-0.3, -0.25) is 0 Å². The van der Waals surface area contributed by atoms with E-state index in [4.69, 9.17) is 10.5 Å². The molecule has 1 aliphatic rings. The van der Waals surface area contributed by atoms with Gasteiger partial charge in [0, 0.05) is 12.8 Å². The molecule has 2 aromatic rings. The Bertz CT molecular complexity index is 487. The third-order valence-electron chi connectivity index (χ3n) is 2.65. The van der Waals surface area contributed by atoms with E-state index in [9.17, 15) is 0 Å². The van der Waals surface area contributed by atoms with Gasteiger partial charge in [-0.15, -0.1) is 5.10 Å². The summed E-state index contributed by atoms with van der Waals surface area (Å²) in [5, 5.41) is 4.38. The highest BCUT2D eigenvalue weighted by atomic mass is 16.5. The Labute approximate surface area is 86.9 Å². The second kappa shape index (κ2) is 3.20. The third kappa shape index (κ3) is 1.35. The Hall–Kier alpha value is -1.62. The van der Waals surface area contributed by atoms with Crippen molar-refractivity contribution < 1.29 is 4.74 Å². The molecule has 2 aromatic heterocycles. The molecule has 1 atom stereocenters. The molecule has 78 valence electrons. The lowest BCUT2D eigenvalue weighted by molar-refractivity contribution is 0.104. The van der Waals surface area contributed by atoms with Gasteiger partial charge in [-0.2, -0.15) is 0 Å². The van der Waals surface area contributed by atoms with Crippen molar-refractivity contribution in [3.05, 3.63) is 24.2 Å². The fourth-order valence-electron chi connectivity index (χ4n) is 1.89. The number of hydrogen-bond acceptors (Lipinski definition) is 4. The van der Waals surface area contributed by atoms with Crippen molar-refractivity contribution in [2.45, 2.75) is 18.9 Å². The Morgan fingerprint density at radius 2 is 2.47 bits per heavy atom. The molecule has 0 saturated carbocycles. The molecule has 3 heterocycles. The molecular formula is C10H12N4O. The van der Waals surface area contributed by atoms with Crippen LogP contribution in [0.1, 0.15) is 24.8 Å². The molecule has 5 nitrogen and oxygen atoms in total. The minimum absolute atomic E-state index is 0.0131. The first-order valence-corrected chi connectivity index (χ1v) is 5.07. The summed E-state index contributed by atoms with van der Waals surface area (Å²) in [6, 6.07) is 3.80. The van der Waals surface area contributed by atoms with Gasteiger partial charge in [0.05, 0.1) is 0 Å². The monoisotopic (exact) mass is 204 g/mol. The van der Waals surface area contributed by atoms with Crippen LogP contribution < -0.4 is 5.73 Å². The summed E-state index contributed by atoms with van der Waals surface area (Å²) in [5.41, 5.74) is 6.69. The van der Waals surface area contributed by atoms with E-state index in [-0.39, 0.29) is 6.10 Å². The molecule has 0 radical (unpaired) electrons. The number of aromatic nitrogens is 3. The predicted octanol–water partition coefficient (Wildman–Crippen LogP) is 1.16. The van der Waals surface area contributed by atoms with Crippen LogP contribution in [0.25, 0.3) is 5.52 Å². The molecule has 0 bridgehead atoms. The highest BCUT2D eigenvalue weighted by Gasteiger charge is 2.21. The Kier molecular flexibility index (Phi) is 1.85. The molecule has 0 aromatic carbocycles. The van der Waals surface area contributed by atoms with Crippen molar-refractivity contribution in [3.63, 3.8) is 0 Å². The number of nitrogen functional groups attached to an aromatic ring is 1. The molecule has 1 saturated heterocycles. The van der Waals surface area contributed by atoms with Gasteiger partial charge in [0.25, 0.3) is 0 Å². The molecular weight excluding hydrogens is 192 g/mol. The van der Waals surface area contributed by atoms with Crippen LogP contribution in [0.15, 0.2) is 18.3 Å². The number of hydrogen-bond donors (Lipinski definition) is 1. The van der Waals surface area contributed by atoms with Crippen molar-refractivity contribution in [1.82, 2.24) is 14.6 Å². The first kappa shape index (κ1) is 8.67. The summed E-state index contributed by atoms with van der Waals surface area (Å²) in [7, 11) is 0. The molecule has 1 fully saturated rings. The molecule has 0 spiro atoms. The normalized spacial score (nSPS) is 21.2. The van der Waals surface area contributed by atoms with E-state index in [1.165, 1.54) is 0 Å². The van der Waals surface area contributed by atoms with Gasteiger partial charge < -0.3 is 10.5 Å². The lowest BCUT2D eigenvalue weighted by Crippen LogP contribution is -2.09. The number of nitrogens with two attached hydrogens (primary N) is 1. The average molecular weight is 204 g/mol. The first-order chi connectivity index (χ1) is 7.34. The van der Waals surface area contributed by atoms with Gasteiger partial charge in [0.2, 0.25) is 0 Å². The second-order valence-electron chi connectivity index (χ2n) is 3.69. The summed E-state index contributed by atoms with van der Waals surface area (Å²) in [5.74, 6) is 1.20. The zero-order chi connectivity index (χ0) is 10.3. The fraction of sp³-hybridized carbons (Fsp3) is 0.400. The van der Waals surface area contributed by atoms with Gasteiger partial charge in [-0.25, -0.2) is 9.50 Å². The zero-order valence-corrected chi connectivity index (χ0v) is 8.26. The van der Waals surface area contributed by atoms with E-state index < -0.39 is 0 Å². The van der Waals surface area contributed by atoms with Crippen LogP contribution in [-0.2, 0) is 4.74 Å². The zero-order valence-electron chi connectivity index (χ0n) is 8.26. The van der Waals surface area contributed by atoms with E-state index >= 15 is 0 Å². The summed E-state index contributed by atoms with van der Waals surface area (Å²) in [6.45, 7) is 0.789. The SMILES string of the molecule is Nc1nc(C2CCCO2)nn2cccc12. The Morgan fingerprint density at radius 1 is 1.53 bits per heavy atom. The molecule has 1 aliphatic heterocycles. The van der Waals surface area contributed by atoms with Gasteiger partial charge in [0.1, 0.15) is 11.6 Å². The van der Waals surface area contributed by atoms with Gasteiger partial charge >= 0.3 is 0 Å². The Morgan fingerprint density at radius 3 is 3.27 bits per heavy atom. The molecule has 0 amide bonds. The topological polar surface area (TPSA) is 65.4 Å². The number of anilines is 1. The van der Waals surface area contributed by atoms with Crippen LogP contribution >= 0.6 is 0 Å². The maximum Gasteiger partial charge on any atom is 0.180 e. The van der Waals surface area contributed by atoms with E-state index in [0.717, 1.165) is 25.0 Å². The minimum atomic E-state index is 0.0131. The van der Waals surface area contributed by atoms with Crippen molar-refractivity contribution in [2.75, 3.05) is 12.3 Å². The highest BCUT2D eigenvalue weighted by Crippen LogP contribution is 2.26. The fourth-order valence-corrected chi connectivity index (χ4v) is 1.89. The van der Waals surface area contributed by atoms with E-state index in [1.54, 1.807) is 4.52 Å². The summed E-state index contributed by atoms with van der Waals surface area (Å²) in [4.78, 5) is 4.28. The first-order valence-electron chi connectivity index (χ1n) is 5.07. The van der Waals surface area contributed by atoms with Crippen LogP contribution in [0.3, 0.4) is 0 Å². The Balaban J connectivity index is 2.11. The van der Waals surface area contributed by atoms with Crippen LogP contribution in [0, 0.1) is 0 Å². The number of nitrogens with zero attached hydrogens (tertiary/aromatic N) is 3. The van der Waals surface area contributed by atoms with Gasteiger partial charge in [0.15, 0.2) is 11.6 Å². The lowest BCUT2D eigenvalue weighted by Gasteiger charge is -2.08. The number of rotatable bonds is 1. The maximum atomic E-state index is 5.84. The molecule has 15 heavy (non-hydrogen) atoms. The van der Waals surface area contributed by atoms with E-state index in [1.807, 2.05) is 18.3 Å². The van der Waals surface area contributed by atoms with Crippen molar-refractivity contribution in [2.24, 2.45) is 0 Å². The maximum absolute atomic E-state index is 5.84. The highest BCUT2D eigenvalue weighted by molar-refractivity contribution is 5.64. The van der Waals surface area contributed by atoms with Crippen LogP contribution in [-0.4, -0.2) is 21.2 Å². The molecule has 0 aliphatic carbocycles. The predicted molar refractivity (Wildman–Crippen MR) is 55.3 cm³/mol. The summed E-state index contributed by atoms with van der Waals surface area (Å²) in [6.07, 6.45) is 3.93. The molecule has 3 rings (SSSR count). The van der Waals surface area contributed by atoms with E-state index in [0.29, 0.717) is 11.6 Å². The molecule has 1 unspecified atom stereocenters. The summed E-state index contributed by atoms with van der Waals surface area (Å²) >= 11 is 0. The van der Waals surface area contributed by atoms with Crippen molar-refractivity contribution >= 4 is 11.3 Å². The average Bonchev–Trinajstić information content (AvgIpc) is 2.88. The lowest BCUT2D eigenvalue weighted by atomic mass is 10.2. The van der Waals surface area contributed by atoms with Crippen LogP contribution in [0.4, 0.5) is 5.82 Å². The number of ether oxygens (including phenoxy) is 1. The van der Waals surface area contributed by atoms with Gasteiger partial charge in [-0.05, 0) is 25.0 Å². The van der Waals surface area contributed by atoms with Crippen molar-refractivity contribution in [3.8, 4) is 0 Å².